The first-order valence-corrected chi connectivity index (χ1v) is 29.6. The average molecular weight is 1080 g/mol. The Morgan fingerprint density at radius 2 is 1.67 bits per heavy atom. The third-order valence-corrected chi connectivity index (χ3v) is 19.5. The predicted octanol–water partition coefficient (Wildman–Crippen LogP) is 11.3. The van der Waals surface area contributed by atoms with Crippen molar-refractivity contribution in [2.24, 2.45) is 11.3 Å². The number of nitro groups is 1. The molecule has 11 rings (SSSR count). The summed E-state index contributed by atoms with van der Waals surface area (Å²) < 4.78 is 41.8. The molecule has 2 aliphatic heterocycles. The van der Waals surface area contributed by atoms with Crippen LogP contribution in [0.3, 0.4) is 0 Å². The van der Waals surface area contributed by atoms with Gasteiger partial charge >= 0.3 is 0 Å². The van der Waals surface area contributed by atoms with E-state index >= 15 is 0 Å². The van der Waals surface area contributed by atoms with Crippen molar-refractivity contribution >= 4 is 44.0 Å². The molecule has 4 N–H and O–H groups in total. The lowest BCUT2D eigenvalue weighted by molar-refractivity contribution is -0.384. The second-order valence-corrected chi connectivity index (χ2v) is 25.3. The zero-order valence-corrected chi connectivity index (χ0v) is 46.1. The van der Waals surface area contributed by atoms with Gasteiger partial charge in [0.2, 0.25) is 0 Å². The zero-order valence-electron chi connectivity index (χ0n) is 45.3. The molecule has 412 valence electrons. The smallest absolute Gasteiger partial charge is 0.293 e. The van der Waals surface area contributed by atoms with Gasteiger partial charge in [-0.15, -0.1) is 0 Å². The summed E-state index contributed by atoms with van der Waals surface area (Å²) in [4.78, 5) is 40.9. The summed E-state index contributed by atoms with van der Waals surface area (Å²) >= 11 is 0. The summed E-state index contributed by atoms with van der Waals surface area (Å²) in [6.45, 7) is 11.7. The van der Waals surface area contributed by atoms with Gasteiger partial charge in [-0.1, -0.05) is 50.2 Å². The molecule has 4 aromatic carbocycles. The number of aromatic nitrogens is 2. The number of H-pyrrole nitrogens is 1. The van der Waals surface area contributed by atoms with Crippen molar-refractivity contribution in [1.82, 2.24) is 24.5 Å². The van der Waals surface area contributed by atoms with Crippen molar-refractivity contribution in [3.63, 3.8) is 0 Å². The van der Waals surface area contributed by atoms with Crippen molar-refractivity contribution in [3.05, 3.63) is 142 Å². The maximum absolute atomic E-state index is 14.2. The topological polar surface area (TPSA) is 195 Å². The van der Waals surface area contributed by atoms with Gasteiger partial charge in [0.15, 0.2) is 0 Å². The van der Waals surface area contributed by atoms with Gasteiger partial charge in [0.25, 0.3) is 21.6 Å². The number of pyridine rings is 1. The van der Waals surface area contributed by atoms with Crippen LogP contribution in [0.25, 0.3) is 11.0 Å². The highest BCUT2D eigenvalue weighted by Gasteiger charge is 2.51. The number of aromatic amines is 1. The molecule has 1 amide bonds. The van der Waals surface area contributed by atoms with Gasteiger partial charge in [-0.05, 0) is 166 Å². The maximum Gasteiger partial charge on any atom is 0.293 e. The van der Waals surface area contributed by atoms with E-state index in [0.717, 1.165) is 94.1 Å². The number of piperazine rings is 1. The SMILES string of the molecule is COc1ccc(C2CCC(N3CCN(C4CC5(CCN(c6ccc(C(=O)NS(=O)(=O)c7ccc(NC[C@H]8CC[C@](C)(O)CC8)c([N+](=O)[O-])c7)c(Oc7cnc8[nH]ccc8c7)c6)CC5)C4)C(c4ccccc4C(C)C)C3)C2)cc1. The van der Waals surface area contributed by atoms with Crippen LogP contribution in [-0.4, -0.2) is 108 Å². The molecule has 4 heterocycles. The molecule has 6 aromatic rings. The number of rotatable bonds is 16. The fraction of sp³-hybridized carbons (Fsp3) is 0.475. The number of carbonyl (C=O) groups is 1. The lowest BCUT2D eigenvalue weighted by Crippen LogP contribution is -2.60. The Kier molecular flexibility index (Phi) is 15.0. The molecule has 5 aliphatic rings. The third-order valence-electron chi connectivity index (χ3n) is 18.2. The fourth-order valence-electron chi connectivity index (χ4n) is 13.5. The number of amides is 1. The van der Waals surface area contributed by atoms with Gasteiger partial charge in [0, 0.05) is 86.8 Å². The molecule has 3 saturated carbocycles. The van der Waals surface area contributed by atoms with Crippen LogP contribution >= 0.6 is 0 Å². The van der Waals surface area contributed by atoms with E-state index in [0.29, 0.717) is 60.7 Å². The number of nitrogens with zero attached hydrogens (tertiary/aromatic N) is 5. The van der Waals surface area contributed by atoms with E-state index in [9.17, 15) is 28.4 Å². The molecule has 78 heavy (non-hydrogen) atoms. The fourth-order valence-corrected chi connectivity index (χ4v) is 14.5. The van der Waals surface area contributed by atoms with E-state index in [2.05, 4.69) is 97.1 Å². The number of ether oxygens (including phenoxy) is 2. The number of sulfonamides is 1. The number of hydrogen-bond acceptors (Lipinski definition) is 13. The minimum atomic E-state index is -4.59. The summed E-state index contributed by atoms with van der Waals surface area (Å²) in [5, 5.41) is 26.6. The largest absolute Gasteiger partial charge is 0.497 e. The number of fused-ring (bicyclic) bond motifs is 1. The van der Waals surface area contributed by atoms with E-state index in [1.807, 2.05) is 19.1 Å². The molecule has 2 aromatic heterocycles. The van der Waals surface area contributed by atoms with Crippen LogP contribution in [0.5, 0.6) is 17.2 Å². The summed E-state index contributed by atoms with van der Waals surface area (Å²) in [7, 11) is -2.87. The Hall–Kier alpha value is -6.53. The minimum Gasteiger partial charge on any atom is -0.497 e. The first-order valence-electron chi connectivity index (χ1n) is 28.1. The van der Waals surface area contributed by atoms with Crippen molar-refractivity contribution < 1.29 is 32.7 Å². The van der Waals surface area contributed by atoms with Gasteiger partial charge in [0.1, 0.15) is 28.6 Å². The van der Waals surface area contributed by atoms with Crippen LogP contribution in [-0.2, 0) is 10.0 Å². The van der Waals surface area contributed by atoms with Crippen LogP contribution < -0.4 is 24.4 Å². The molecule has 3 atom stereocenters. The van der Waals surface area contributed by atoms with Crippen LogP contribution in [0.15, 0.2) is 114 Å². The highest BCUT2D eigenvalue weighted by molar-refractivity contribution is 7.90. The highest BCUT2D eigenvalue weighted by Crippen LogP contribution is 2.54. The summed E-state index contributed by atoms with van der Waals surface area (Å²) in [6.07, 6.45) is 14.1. The normalized spacial score (nSPS) is 24.1. The predicted molar refractivity (Wildman–Crippen MR) is 303 cm³/mol. The summed E-state index contributed by atoms with van der Waals surface area (Å²) in [5.41, 5.74) is 5.11. The molecule has 3 aliphatic carbocycles. The molecule has 0 radical (unpaired) electrons. The van der Waals surface area contributed by atoms with Crippen molar-refractivity contribution in [3.8, 4) is 17.2 Å². The summed E-state index contributed by atoms with van der Waals surface area (Å²) in [5.74, 6) is 1.67. The second-order valence-electron chi connectivity index (χ2n) is 23.6. The van der Waals surface area contributed by atoms with E-state index < -0.39 is 37.0 Å². The van der Waals surface area contributed by atoms with Gasteiger partial charge in [-0.25, -0.2) is 18.1 Å². The Morgan fingerprint density at radius 3 is 2.41 bits per heavy atom. The number of anilines is 2. The minimum absolute atomic E-state index is 0.0234. The number of hydrogen-bond donors (Lipinski definition) is 4. The monoisotopic (exact) mass is 1080 g/mol. The van der Waals surface area contributed by atoms with Crippen molar-refractivity contribution in [2.75, 3.05) is 56.6 Å². The number of methoxy groups -OCH3 is 1. The van der Waals surface area contributed by atoms with Crippen LogP contribution in [0, 0.1) is 21.4 Å². The van der Waals surface area contributed by atoms with Crippen LogP contribution in [0.4, 0.5) is 17.1 Å². The highest BCUT2D eigenvalue weighted by atomic mass is 32.2. The molecule has 16 nitrogen and oxygen atoms in total. The zero-order chi connectivity index (χ0) is 54.3. The molecule has 17 heteroatoms. The Bertz CT molecular complexity index is 3250. The Morgan fingerprint density at radius 1 is 0.897 bits per heavy atom. The molecule has 3 unspecified atom stereocenters. The van der Waals surface area contributed by atoms with Crippen molar-refractivity contribution in [2.45, 2.75) is 132 Å². The molecule has 0 bridgehead atoms. The van der Waals surface area contributed by atoms with Crippen molar-refractivity contribution in [1.29, 1.82) is 0 Å². The van der Waals surface area contributed by atoms with E-state index in [1.54, 1.807) is 37.7 Å². The van der Waals surface area contributed by atoms with Gasteiger partial charge < -0.3 is 29.8 Å². The first-order chi connectivity index (χ1) is 37.5. The lowest BCUT2D eigenvalue weighted by Gasteiger charge is -2.58. The molecule has 5 fully saturated rings. The van der Waals surface area contributed by atoms with Crippen LogP contribution in [0.2, 0.25) is 0 Å². The third kappa shape index (κ3) is 11.3. The Labute approximate surface area is 458 Å². The standard InChI is InChI=1S/C61H74N8O8S/c1-40(2)51-7-5-6-8-52(51)56-39-67(45-12-9-43(31-45)42-10-14-48(76-4)15-11-42)29-30-68(56)47-35-61(36-47)24-27-66(28-25-61)46-13-17-53(57(33-46)77-49-32-44-21-26-62-58(44)64-38-49)59(70)65-78(74,75)50-16-18-54(55(34-50)69(72)73)63-37-41-19-22-60(3,71)23-20-41/h5-8,10-11,13-18,21,26,32-34,38,40-41,43,45,47,56,63,71H,9,12,19-20,22-25,27-31,35-37,39H2,1-4H3,(H,62,64)(H,65,70)/t41-,43?,45?,56?,60-. The number of carbonyl (C=O) groups excluding carboxylic acids is 1. The average Bonchev–Trinajstić information content (AvgIpc) is 4.25. The van der Waals surface area contributed by atoms with Gasteiger partial charge in [-0.3, -0.25) is 24.7 Å². The first kappa shape index (κ1) is 53.5. The lowest BCUT2D eigenvalue weighted by atomic mass is 9.59. The van der Waals surface area contributed by atoms with Gasteiger partial charge in [-0.2, -0.15) is 0 Å². The van der Waals surface area contributed by atoms with E-state index in [1.165, 1.54) is 48.1 Å². The Balaban J connectivity index is 0.770. The number of piperidine rings is 1. The number of nitrogens with one attached hydrogen (secondary N) is 3. The summed E-state index contributed by atoms with van der Waals surface area (Å²) in [6, 6.07) is 31.7. The van der Waals surface area contributed by atoms with Crippen LogP contribution in [0.1, 0.15) is 136 Å². The van der Waals surface area contributed by atoms with E-state index in [4.69, 9.17) is 9.47 Å². The molecule has 1 spiro atoms. The number of aliphatic hydroxyl groups is 1. The quantitative estimate of drug-likeness (QED) is 0.0528. The number of nitro benzene ring substituents is 1. The molecular formula is C61H74N8O8S. The van der Waals surface area contributed by atoms with E-state index in [-0.39, 0.29) is 28.3 Å². The number of benzene rings is 4. The maximum atomic E-state index is 14.2. The van der Waals surface area contributed by atoms with Gasteiger partial charge in [0.05, 0.1) is 34.3 Å². The molecule has 2 saturated heterocycles. The second kappa shape index (κ2) is 22.0. The molecular weight excluding hydrogens is 1000 g/mol.